The summed E-state index contributed by atoms with van der Waals surface area (Å²) in [6.45, 7) is 0. The smallest absolute Gasteiger partial charge is 0.133 e. The summed E-state index contributed by atoms with van der Waals surface area (Å²) in [7, 11) is 6.47. The zero-order valence-electron chi connectivity index (χ0n) is 15.8. The minimum atomic E-state index is 0.216. The average Bonchev–Trinajstić information content (AvgIpc) is 2.69. The molecule has 5 heteroatoms. The molecule has 0 aromatic heterocycles. The molecule has 0 atom stereocenters. The second kappa shape index (κ2) is 9.70. The average molecular weight is 358 g/mol. The summed E-state index contributed by atoms with van der Waals surface area (Å²) in [5.74, 6) is 3.14. The molecule has 0 N–H and O–H groups in total. The fourth-order valence-corrected chi connectivity index (χ4v) is 2.71. The number of rotatable bonds is 10. The fourth-order valence-electron chi connectivity index (χ4n) is 2.71. The molecule has 0 spiro atoms. The van der Waals surface area contributed by atoms with Gasteiger partial charge in [-0.3, -0.25) is 4.79 Å². The molecule has 2 aromatic rings. The van der Waals surface area contributed by atoms with E-state index >= 15 is 0 Å². The Bertz CT molecular complexity index is 633. The van der Waals surface area contributed by atoms with E-state index in [2.05, 4.69) is 0 Å². The van der Waals surface area contributed by atoms with Crippen molar-refractivity contribution in [2.45, 2.75) is 25.7 Å². The maximum Gasteiger partial charge on any atom is 0.133 e. The molecule has 5 nitrogen and oxygen atoms in total. The second-order valence-corrected chi connectivity index (χ2v) is 5.98. The highest BCUT2D eigenvalue weighted by molar-refractivity contribution is 5.79. The topological polar surface area (TPSA) is 54.0 Å². The lowest BCUT2D eigenvalue weighted by atomic mass is 10.0. The van der Waals surface area contributed by atoms with Gasteiger partial charge in [-0.1, -0.05) is 0 Å². The Morgan fingerprint density at radius 2 is 0.923 bits per heavy atom. The normalized spacial score (nSPS) is 10.3. The Kier molecular flexibility index (Phi) is 7.33. The van der Waals surface area contributed by atoms with Gasteiger partial charge in [-0.05, 0) is 48.2 Å². The van der Waals surface area contributed by atoms with Crippen LogP contribution in [0.5, 0.6) is 23.0 Å². The van der Waals surface area contributed by atoms with E-state index in [9.17, 15) is 4.79 Å². The zero-order chi connectivity index (χ0) is 18.9. The predicted octanol–water partition coefficient (Wildman–Crippen LogP) is 3.86. The highest BCUT2D eigenvalue weighted by Gasteiger charge is 2.08. The van der Waals surface area contributed by atoms with Crippen LogP contribution in [0, 0.1) is 0 Å². The minimum absolute atomic E-state index is 0.216. The molecule has 140 valence electrons. The van der Waals surface area contributed by atoms with Crippen molar-refractivity contribution in [3.05, 3.63) is 47.5 Å². The van der Waals surface area contributed by atoms with Crippen molar-refractivity contribution < 1.29 is 23.7 Å². The molecule has 0 fully saturated rings. The molecule has 0 heterocycles. The minimum Gasteiger partial charge on any atom is -0.497 e. The summed E-state index contributed by atoms with van der Waals surface area (Å²) in [5.41, 5.74) is 2.05. The second-order valence-electron chi connectivity index (χ2n) is 5.98. The van der Waals surface area contributed by atoms with E-state index in [-0.39, 0.29) is 5.78 Å². The molecule has 2 aromatic carbocycles. The number of hydrogen-bond donors (Lipinski definition) is 0. The predicted molar refractivity (Wildman–Crippen MR) is 101 cm³/mol. The largest absolute Gasteiger partial charge is 0.497 e. The van der Waals surface area contributed by atoms with Crippen LogP contribution in [0.25, 0.3) is 0 Å². The lowest BCUT2D eigenvalue weighted by Gasteiger charge is -2.09. The molecule has 0 aliphatic carbocycles. The number of aryl methyl sites for hydroxylation is 2. The van der Waals surface area contributed by atoms with Gasteiger partial charge in [-0.2, -0.15) is 0 Å². The van der Waals surface area contributed by atoms with Crippen molar-refractivity contribution in [1.82, 2.24) is 0 Å². The van der Waals surface area contributed by atoms with E-state index < -0.39 is 0 Å². The van der Waals surface area contributed by atoms with Gasteiger partial charge in [0.1, 0.15) is 28.8 Å². The Morgan fingerprint density at radius 1 is 0.615 bits per heavy atom. The van der Waals surface area contributed by atoms with Crippen LogP contribution in [0.1, 0.15) is 24.0 Å². The summed E-state index contributed by atoms with van der Waals surface area (Å²) in [6.07, 6.45) is 2.29. The first-order chi connectivity index (χ1) is 12.6. The molecule has 0 radical (unpaired) electrons. The van der Waals surface area contributed by atoms with Gasteiger partial charge in [0.2, 0.25) is 0 Å². The molecule has 26 heavy (non-hydrogen) atoms. The van der Waals surface area contributed by atoms with Gasteiger partial charge in [-0.15, -0.1) is 0 Å². The lowest BCUT2D eigenvalue weighted by Crippen LogP contribution is -2.03. The molecule has 0 aliphatic heterocycles. The van der Waals surface area contributed by atoms with Crippen LogP contribution in [0.4, 0.5) is 0 Å². The summed E-state index contributed by atoms with van der Waals surface area (Å²) in [4.78, 5) is 12.3. The van der Waals surface area contributed by atoms with E-state index in [0.717, 1.165) is 34.1 Å². The molecule has 0 amide bonds. The number of methoxy groups -OCH3 is 4. The van der Waals surface area contributed by atoms with Crippen LogP contribution in [0.3, 0.4) is 0 Å². The fraction of sp³-hybridized carbons (Fsp3) is 0.381. The van der Waals surface area contributed by atoms with Crippen LogP contribution >= 0.6 is 0 Å². The van der Waals surface area contributed by atoms with Gasteiger partial charge >= 0.3 is 0 Å². The highest BCUT2D eigenvalue weighted by atomic mass is 16.5. The van der Waals surface area contributed by atoms with Crippen LogP contribution in [-0.2, 0) is 17.6 Å². The maximum absolute atomic E-state index is 12.3. The van der Waals surface area contributed by atoms with Crippen LogP contribution in [-0.4, -0.2) is 34.2 Å². The lowest BCUT2D eigenvalue weighted by molar-refractivity contribution is -0.119. The van der Waals surface area contributed by atoms with Gasteiger partial charge in [0.05, 0.1) is 28.4 Å². The van der Waals surface area contributed by atoms with Crippen molar-refractivity contribution in [1.29, 1.82) is 0 Å². The summed E-state index contributed by atoms with van der Waals surface area (Å²) < 4.78 is 21.1. The Balaban J connectivity index is 1.91. The third-order valence-electron chi connectivity index (χ3n) is 4.21. The summed E-state index contributed by atoms with van der Waals surface area (Å²) in [5, 5.41) is 0. The van der Waals surface area contributed by atoms with Crippen molar-refractivity contribution in [3.63, 3.8) is 0 Å². The van der Waals surface area contributed by atoms with Gasteiger partial charge < -0.3 is 18.9 Å². The number of carbonyl (C=O) groups is 1. The number of ketones is 1. The molecular weight excluding hydrogens is 332 g/mol. The van der Waals surface area contributed by atoms with E-state index in [1.807, 2.05) is 36.4 Å². The van der Waals surface area contributed by atoms with E-state index in [0.29, 0.717) is 25.7 Å². The van der Waals surface area contributed by atoms with Crippen molar-refractivity contribution in [3.8, 4) is 23.0 Å². The standard InChI is InChI=1S/C21H26O5/c1-23-18-9-15(10-19(13-18)24-2)5-7-17(22)8-6-16-11-20(25-3)14-21(12-16)26-4/h9-14H,5-8H2,1-4H3. The van der Waals surface area contributed by atoms with Crippen LogP contribution in [0.2, 0.25) is 0 Å². The molecule has 0 aliphatic rings. The quantitative estimate of drug-likeness (QED) is 0.646. The Hall–Kier alpha value is -2.69. The van der Waals surface area contributed by atoms with E-state index in [4.69, 9.17) is 18.9 Å². The first-order valence-electron chi connectivity index (χ1n) is 8.53. The molecule has 0 unspecified atom stereocenters. The molecule has 0 bridgehead atoms. The van der Waals surface area contributed by atoms with Crippen molar-refractivity contribution >= 4 is 5.78 Å². The molecule has 0 saturated heterocycles. The third-order valence-corrected chi connectivity index (χ3v) is 4.21. The Morgan fingerprint density at radius 3 is 1.19 bits per heavy atom. The highest BCUT2D eigenvalue weighted by Crippen LogP contribution is 2.25. The number of carbonyl (C=O) groups excluding carboxylic acids is 1. The summed E-state index contributed by atoms with van der Waals surface area (Å²) >= 11 is 0. The first kappa shape index (κ1) is 19.6. The van der Waals surface area contributed by atoms with Gasteiger partial charge in [-0.25, -0.2) is 0 Å². The molecule has 2 rings (SSSR count). The third kappa shape index (κ3) is 5.69. The van der Waals surface area contributed by atoms with Crippen LogP contribution in [0.15, 0.2) is 36.4 Å². The molecular formula is C21H26O5. The van der Waals surface area contributed by atoms with Gasteiger partial charge in [0, 0.05) is 25.0 Å². The zero-order valence-corrected chi connectivity index (χ0v) is 15.8. The molecule has 0 saturated carbocycles. The van der Waals surface area contributed by atoms with Gasteiger partial charge in [0.15, 0.2) is 0 Å². The summed E-state index contributed by atoms with van der Waals surface area (Å²) in [6, 6.07) is 11.4. The number of benzene rings is 2. The number of ether oxygens (including phenoxy) is 4. The van der Waals surface area contributed by atoms with Crippen molar-refractivity contribution in [2.24, 2.45) is 0 Å². The Labute approximate surface area is 154 Å². The number of hydrogen-bond acceptors (Lipinski definition) is 5. The van der Waals surface area contributed by atoms with Crippen molar-refractivity contribution in [2.75, 3.05) is 28.4 Å². The van der Waals surface area contributed by atoms with Crippen LogP contribution < -0.4 is 18.9 Å². The first-order valence-corrected chi connectivity index (χ1v) is 8.53. The SMILES string of the molecule is COc1cc(CCC(=O)CCc2cc(OC)cc(OC)c2)cc(OC)c1. The number of Topliss-reactive ketones (excluding diaryl/α,β-unsaturated/α-hetero) is 1. The maximum atomic E-state index is 12.3. The monoisotopic (exact) mass is 358 g/mol. The van der Waals surface area contributed by atoms with E-state index in [1.54, 1.807) is 28.4 Å². The van der Waals surface area contributed by atoms with Gasteiger partial charge in [0.25, 0.3) is 0 Å². The van der Waals surface area contributed by atoms with E-state index in [1.165, 1.54) is 0 Å².